The van der Waals surface area contributed by atoms with Gasteiger partial charge in [0, 0.05) is 10.2 Å². The van der Waals surface area contributed by atoms with Gasteiger partial charge < -0.3 is 5.32 Å². The Kier molecular flexibility index (Phi) is 2.78. The summed E-state index contributed by atoms with van der Waals surface area (Å²) in [6, 6.07) is 14.0. The highest BCUT2D eigenvalue weighted by molar-refractivity contribution is 9.10. The van der Waals surface area contributed by atoms with Gasteiger partial charge in [0.25, 0.3) is 0 Å². The molecule has 0 bridgehead atoms. The number of halogens is 1. The zero-order chi connectivity index (χ0) is 11.7. The minimum atomic E-state index is 0.897. The van der Waals surface area contributed by atoms with E-state index in [2.05, 4.69) is 30.0 Å². The second-order valence-corrected chi connectivity index (χ2v) is 4.93. The summed E-state index contributed by atoms with van der Waals surface area (Å²) < 4.78 is 9.55. The Morgan fingerprint density at radius 3 is 2.53 bits per heavy atom. The summed E-state index contributed by atoms with van der Waals surface area (Å²) in [5.74, 6) is 0. The largest absolute Gasteiger partial charge is 0.354 e. The highest BCUT2D eigenvalue weighted by Gasteiger charge is 2.08. The Labute approximate surface area is 111 Å². The summed E-state index contributed by atoms with van der Waals surface area (Å²) in [6.45, 7) is 0. The second kappa shape index (κ2) is 4.43. The van der Waals surface area contributed by atoms with Crippen LogP contribution in [0.25, 0.3) is 11.0 Å². The molecule has 0 radical (unpaired) electrons. The predicted octanol–water partition coefficient (Wildman–Crippen LogP) is 4.20. The molecule has 1 aromatic heterocycles. The summed E-state index contributed by atoms with van der Waals surface area (Å²) in [4.78, 5) is 0. The van der Waals surface area contributed by atoms with Crippen LogP contribution in [0.15, 0.2) is 46.9 Å². The number of anilines is 2. The Hall–Kier alpha value is -1.46. The smallest absolute Gasteiger partial charge is 0.129 e. The van der Waals surface area contributed by atoms with Crippen LogP contribution in [0.4, 0.5) is 11.4 Å². The zero-order valence-electron chi connectivity index (χ0n) is 8.72. The number of hydrogen-bond donors (Lipinski definition) is 1. The molecule has 17 heavy (non-hydrogen) atoms. The first-order valence-corrected chi connectivity index (χ1v) is 6.60. The standard InChI is InChI=1S/C12H8BrN3S/c13-9-6-7-10(12-11(9)15-17-16-12)14-8-4-2-1-3-5-8/h1-7,14H. The third-order valence-corrected chi connectivity index (χ3v) is 3.59. The molecule has 1 heterocycles. The Morgan fingerprint density at radius 1 is 0.941 bits per heavy atom. The normalized spacial score (nSPS) is 10.6. The van der Waals surface area contributed by atoms with Gasteiger partial charge in [-0.1, -0.05) is 18.2 Å². The molecule has 0 aliphatic carbocycles. The molecule has 0 saturated carbocycles. The van der Waals surface area contributed by atoms with E-state index in [0.717, 1.165) is 26.9 Å². The number of aromatic nitrogens is 2. The molecule has 84 valence electrons. The first-order valence-electron chi connectivity index (χ1n) is 5.07. The maximum atomic E-state index is 4.31. The molecular formula is C12H8BrN3S. The first kappa shape index (κ1) is 10.7. The van der Waals surface area contributed by atoms with Crippen LogP contribution in [-0.2, 0) is 0 Å². The maximum absolute atomic E-state index is 4.31. The van der Waals surface area contributed by atoms with Crippen LogP contribution in [-0.4, -0.2) is 8.75 Å². The van der Waals surface area contributed by atoms with E-state index in [-0.39, 0.29) is 0 Å². The molecule has 0 saturated heterocycles. The van der Waals surface area contributed by atoms with Gasteiger partial charge in [0.15, 0.2) is 0 Å². The van der Waals surface area contributed by atoms with E-state index in [1.54, 1.807) is 0 Å². The van der Waals surface area contributed by atoms with Gasteiger partial charge in [0.05, 0.1) is 17.4 Å². The summed E-state index contributed by atoms with van der Waals surface area (Å²) in [6.07, 6.45) is 0. The van der Waals surface area contributed by atoms with E-state index in [9.17, 15) is 0 Å². The van der Waals surface area contributed by atoms with Crippen LogP contribution >= 0.6 is 27.7 Å². The fraction of sp³-hybridized carbons (Fsp3) is 0. The van der Waals surface area contributed by atoms with E-state index >= 15 is 0 Å². The lowest BCUT2D eigenvalue weighted by atomic mass is 10.2. The van der Waals surface area contributed by atoms with Crippen molar-refractivity contribution in [3.05, 3.63) is 46.9 Å². The van der Waals surface area contributed by atoms with Crippen molar-refractivity contribution in [3.8, 4) is 0 Å². The third-order valence-electron chi connectivity index (χ3n) is 2.42. The van der Waals surface area contributed by atoms with E-state index < -0.39 is 0 Å². The van der Waals surface area contributed by atoms with Gasteiger partial charge in [-0.15, -0.1) is 0 Å². The number of fused-ring (bicyclic) bond motifs is 1. The minimum absolute atomic E-state index is 0.897. The molecule has 3 aromatic rings. The van der Waals surface area contributed by atoms with Crippen molar-refractivity contribution in [1.82, 2.24) is 8.75 Å². The van der Waals surface area contributed by atoms with Gasteiger partial charge in [-0.2, -0.15) is 8.75 Å². The van der Waals surface area contributed by atoms with Crippen LogP contribution < -0.4 is 5.32 Å². The number of nitrogens with one attached hydrogen (secondary N) is 1. The molecule has 0 fully saturated rings. The molecule has 0 atom stereocenters. The van der Waals surface area contributed by atoms with E-state index in [1.165, 1.54) is 11.7 Å². The summed E-state index contributed by atoms with van der Waals surface area (Å²) in [5, 5.41) is 3.34. The number of hydrogen-bond acceptors (Lipinski definition) is 4. The topological polar surface area (TPSA) is 37.8 Å². The van der Waals surface area contributed by atoms with Crippen molar-refractivity contribution >= 4 is 50.1 Å². The highest BCUT2D eigenvalue weighted by atomic mass is 79.9. The van der Waals surface area contributed by atoms with Crippen molar-refractivity contribution < 1.29 is 0 Å². The number of rotatable bonds is 2. The predicted molar refractivity (Wildman–Crippen MR) is 74.8 cm³/mol. The van der Waals surface area contributed by atoms with Crippen molar-refractivity contribution in [2.45, 2.75) is 0 Å². The molecule has 0 aliphatic heterocycles. The fourth-order valence-electron chi connectivity index (χ4n) is 1.61. The zero-order valence-corrected chi connectivity index (χ0v) is 11.1. The lowest BCUT2D eigenvalue weighted by Gasteiger charge is -2.06. The summed E-state index contributed by atoms with van der Waals surface area (Å²) >= 11 is 4.69. The number of benzene rings is 2. The van der Waals surface area contributed by atoms with E-state index in [0.29, 0.717) is 0 Å². The molecule has 0 amide bonds. The molecule has 0 spiro atoms. The molecular weight excluding hydrogens is 298 g/mol. The average molecular weight is 306 g/mol. The minimum Gasteiger partial charge on any atom is -0.354 e. The molecule has 1 N–H and O–H groups in total. The number of nitrogens with zero attached hydrogens (tertiary/aromatic N) is 2. The van der Waals surface area contributed by atoms with Crippen LogP contribution in [0, 0.1) is 0 Å². The summed E-state index contributed by atoms with van der Waals surface area (Å²) in [7, 11) is 0. The SMILES string of the molecule is Brc1ccc(Nc2ccccc2)c2nsnc12. The van der Waals surface area contributed by atoms with Crippen molar-refractivity contribution in [1.29, 1.82) is 0 Å². The van der Waals surface area contributed by atoms with Gasteiger partial charge >= 0.3 is 0 Å². The quantitative estimate of drug-likeness (QED) is 0.771. The third kappa shape index (κ3) is 2.03. The van der Waals surface area contributed by atoms with Gasteiger partial charge in [0.1, 0.15) is 11.0 Å². The molecule has 0 unspecified atom stereocenters. The van der Waals surface area contributed by atoms with Gasteiger partial charge in [-0.3, -0.25) is 0 Å². The number of para-hydroxylation sites is 1. The van der Waals surface area contributed by atoms with Gasteiger partial charge in [-0.25, -0.2) is 0 Å². The summed E-state index contributed by atoms with van der Waals surface area (Å²) in [5.41, 5.74) is 3.82. The Bertz CT molecular complexity index is 651. The van der Waals surface area contributed by atoms with Crippen LogP contribution in [0.5, 0.6) is 0 Å². The van der Waals surface area contributed by atoms with E-state index in [1.807, 2.05) is 42.5 Å². The first-order chi connectivity index (χ1) is 8.34. The molecule has 5 heteroatoms. The fourth-order valence-corrected chi connectivity index (χ4v) is 2.71. The van der Waals surface area contributed by atoms with Crippen LogP contribution in [0.1, 0.15) is 0 Å². The second-order valence-electron chi connectivity index (χ2n) is 3.55. The van der Waals surface area contributed by atoms with Crippen molar-refractivity contribution in [2.24, 2.45) is 0 Å². The maximum Gasteiger partial charge on any atom is 0.129 e. The molecule has 0 aliphatic rings. The van der Waals surface area contributed by atoms with Crippen LogP contribution in [0.3, 0.4) is 0 Å². The highest BCUT2D eigenvalue weighted by Crippen LogP contribution is 2.30. The van der Waals surface area contributed by atoms with Crippen molar-refractivity contribution in [2.75, 3.05) is 5.32 Å². The molecule has 2 aromatic carbocycles. The van der Waals surface area contributed by atoms with Crippen molar-refractivity contribution in [3.63, 3.8) is 0 Å². The molecule has 3 nitrogen and oxygen atoms in total. The monoisotopic (exact) mass is 305 g/mol. The van der Waals surface area contributed by atoms with Gasteiger partial charge in [-0.05, 0) is 40.2 Å². The van der Waals surface area contributed by atoms with E-state index in [4.69, 9.17) is 0 Å². The molecule has 3 rings (SSSR count). The lowest BCUT2D eigenvalue weighted by Crippen LogP contribution is -1.91. The lowest BCUT2D eigenvalue weighted by molar-refractivity contribution is 1.54. The average Bonchev–Trinajstić information content (AvgIpc) is 2.84. The van der Waals surface area contributed by atoms with Crippen LogP contribution in [0.2, 0.25) is 0 Å². The Morgan fingerprint density at radius 2 is 1.71 bits per heavy atom. The van der Waals surface area contributed by atoms with Gasteiger partial charge in [0.2, 0.25) is 0 Å². The Balaban J connectivity index is 2.07.